The molecule has 0 amide bonds. The maximum atomic E-state index is 10.5. The molecule has 188 valence electrons. The van der Waals surface area contributed by atoms with Gasteiger partial charge in [0.05, 0.1) is 50.0 Å². The minimum atomic E-state index is -0.651. The molecule has 3 rings (SSSR count). The van der Waals surface area contributed by atoms with Crippen LogP contribution in [-0.4, -0.2) is 73.0 Å². The second-order valence-corrected chi connectivity index (χ2v) is 8.10. The highest BCUT2D eigenvalue weighted by atomic mass is 16.5. The first-order valence-corrected chi connectivity index (χ1v) is 11.6. The maximum absolute atomic E-state index is 10.5. The minimum absolute atomic E-state index is 0.229. The fourth-order valence-corrected chi connectivity index (χ4v) is 3.64. The van der Waals surface area contributed by atoms with Crippen molar-refractivity contribution in [3.8, 4) is 23.1 Å². The number of ether oxygens (including phenoxy) is 4. The van der Waals surface area contributed by atoms with Crippen LogP contribution in [0, 0.1) is 6.92 Å². The van der Waals surface area contributed by atoms with Crippen molar-refractivity contribution in [3.05, 3.63) is 78.5 Å². The van der Waals surface area contributed by atoms with Crippen LogP contribution in [0.15, 0.2) is 67.3 Å². The van der Waals surface area contributed by atoms with E-state index in [9.17, 15) is 5.11 Å². The fourth-order valence-electron chi connectivity index (χ4n) is 3.64. The monoisotopic (exact) mass is 481 g/mol. The molecule has 1 heterocycles. The molecule has 0 spiro atoms. The standard InChI is InChI=1S/C27H35N3O5/c1-5-16-34-20-23(31)18-29(15-17-32-3)19-26-21(2)28-30(22-9-7-6-8-10-22)27(26)35-25-13-11-24(33-4)12-14-25/h5-14,23,31H,1,15-20H2,2-4H3/t23-/m0/s1. The Kier molecular flexibility index (Phi) is 10.3. The van der Waals surface area contributed by atoms with Gasteiger partial charge in [-0.25, -0.2) is 4.68 Å². The molecule has 0 radical (unpaired) electrons. The van der Waals surface area contributed by atoms with Gasteiger partial charge in [0.2, 0.25) is 5.88 Å². The normalized spacial score (nSPS) is 12.0. The number of rotatable bonds is 15. The van der Waals surface area contributed by atoms with Crippen LogP contribution >= 0.6 is 0 Å². The van der Waals surface area contributed by atoms with Gasteiger partial charge < -0.3 is 24.1 Å². The van der Waals surface area contributed by atoms with Crippen molar-refractivity contribution in [1.29, 1.82) is 0 Å². The summed E-state index contributed by atoms with van der Waals surface area (Å²) in [6, 6.07) is 17.3. The van der Waals surface area contributed by atoms with Crippen LogP contribution in [0.4, 0.5) is 0 Å². The summed E-state index contributed by atoms with van der Waals surface area (Å²) in [6.45, 7) is 8.33. The summed E-state index contributed by atoms with van der Waals surface area (Å²) in [7, 11) is 3.30. The van der Waals surface area contributed by atoms with Gasteiger partial charge in [0, 0.05) is 26.7 Å². The van der Waals surface area contributed by atoms with Crippen molar-refractivity contribution >= 4 is 0 Å². The van der Waals surface area contributed by atoms with Crippen molar-refractivity contribution in [1.82, 2.24) is 14.7 Å². The van der Waals surface area contributed by atoms with Crippen LogP contribution in [0.5, 0.6) is 17.4 Å². The van der Waals surface area contributed by atoms with E-state index in [4.69, 9.17) is 24.0 Å². The first-order chi connectivity index (χ1) is 17.0. The molecule has 8 nitrogen and oxygen atoms in total. The van der Waals surface area contributed by atoms with Gasteiger partial charge in [-0.2, -0.15) is 5.10 Å². The smallest absolute Gasteiger partial charge is 0.227 e. The van der Waals surface area contributed by atoms with E-state index in [0.29, 0.717) is 44.5 Å². The Morgan fingerprint density at radius 2 is 1.80 bits per heavy atom. The largest absolute Gasteiger partial charge is 0.497 e. The number of nitrogens with zero attached hydrogens (tertiary/aromatic N) is 3. The van der Waals surface area contributed by atoms with E-state index in [1.807, 2.05) is 66.2 Å². The first kappa shape index (κ1) is 26.4. The number of methoxy groups -OCH3 is 2. The van der Waals surface area contributed by atoms with E-state index in [1.54, 1.807) is 20.3 Å². The highest BCUT2D eigenvalue weighted by Crippen LogP contribution is 2.32. The van der Waals surface area contributed by atoms with E-state index < -0.39 is 6.10 Å². The lowest BCUT2D eigenvalue weighted by atomic mass is 10.2. The minimum Gasteiger partial charge on any atom is -0.497 e. The number of aryl methyl sites for hydroxylation is 1. The number of aromatic nitrogens is 2. The van der Waals surface area contributed by atoms with Crippen LogP contribution in [0.25, 0.3) is 5.69 Å². The molecule has 0 unspecified atom stereocenters. The third kappa shape index (κ3) is 7.66. The molecule has 0 saturated carbocycles. The Morgan fingerprint density at radius 3 is 2.46 bits per heavy atom. The van der Waals surface area contributed by atoms with E-state index in [0.717, 1.165) is 22.7 Å². The zero-order chi connectivity index (χ0) is 25.0. The summed E-state index contributed by atoms with van der Waals surface area (Å²) >= 11 is 0. The molecule has 1 N–H and O–H groups in total. The molecular weight excluding hydrogens is 446 g/mol. The summed E-state index contributed by atoms with van der Waals surface area (Å²) < 4.78 is 24.2. The van der Waals surface area contributed by atoms with Crippen molar-refractivity contribution in [3.63, 3.8) is 0 Å². The molecule has 0 aliphatic heterocycles. The van der Waals surface area contributed by atoms with Crippen LogP contribution in [0.3, 0.4) is 0 Å². The van der Waals surface area contributed by atoms with E-state index in [-0.39, 0.29) is 6.61 Å². The zero-order valence-electron chi connectivity index (χ0n) is 20.7. The quantitative estimate of drug-likeness (QED) is 0.260. The number of aliphatic hydroxyl groups is 1. The van der Waals surface area contributed by atoms with Crippen LogP contribution in [0.1, 0.15) is 11.3 Å². The lowest BCUT2D eigenvalue weighted by Crippen LogP contribution is -2.36. The van der Waals surface area contributed by atoms with Gasteiger partial charge >= 0.3 is 0 Å². The van der Waals surface area contributed by atoms with E-state index in [1.165, 1.54) is 0 Å². The van der Waals surface area contributed by atoms with Gasteiger partial charge in [0.1, 0.15) is 11.5 Å². The van der Waals surface area contributed by atoms with Gasteiger partial charge in [0.15, 0.2) is 0 Å². The second kappa shape index (κ2) is 13.7. The molecule has 0 fully saturated rings. The summed E-state index contributed by atoms with van der Waals surface area (Å²) in [5.74, 6) is 2.05. The molecule has 3 aromatic rings. The predicted molar refractivity (Wildman–Crippen MR) is 136 cm³/mol. The Morgan fingerprint density at radius 1 is 1.09 bits per heavy atom. The van der Waals surface area contributed by atoms with E-state index >= 15 is 0 Å². The highest BCUT2D eigenvalue weighted by Gasteiger charge is 2.22. The lowest BCUT2D eigenvalue weighted by molar-refractivity contribution is 0.0192. The Labute approximate surface area is 207 Å². The summed E-state index contributed by atoms with van der Waals surface area (Å²) in [5.41, 5.74) is 2.67. The highest BCUT2D eigenvalue weighted by molar-refractivity contribution is 5.44. The van der Waals surface area contributed by atoms with Crippen molar-refractivity contribution in [2.24, 2.45) is 0 Å². The molecule has 1 aromatic heterocycles. The van der Waals surface area contributed by atoms with Gasteiger partial charge in [-0.15, -0.1) is 6.58 Å². The Hall–Kier alpha value is -3.17. The van der Waals surface area contributed by atoms with Crippen molar-refractivity contribution in [2.45, 2.75) is 19.6 Å². The molecule has 0 saturated heterocycles. The Bertz CT molecular complexity index is 1040. The third-order valence-electron chi connectivity index (χ3n) is 5.42. The first-order valence-electron chi connectivity index (χ1n) is 11.6. The number of aliphatic hydroxyl groups excluding tert-OH is 1. The average molecular weight is 482 g/mol. The molecule has 1 atom stereocenters. The molecule has 2 aromatic carbocycles. The second-order valence-electron chi connectivity index (χ2n) is 8.10. The summed E-state index contributed by atoms with van der Waals surface area (Å²) in [4.78, 5) is 2.12. The number of hydrogen-bond acceptors (Lipinski definition) is 7. The van der Waals surface area contributed by atoms with Crippen LogP contribution in [-0.2, 0) is 16.0 Å². The topological polar surface area (TPSA) is 78.2 Å². The SMILES string of the molecule is C=CCOC[C@@H](O)CN(CCOC)Cc1c(C)nn(-c2ccccc2)c1Oc1ccc(OC)cc1. The third-order valence-corrected chi connectivity index (χ3v) is 5.42. The van der Waals surface area contributed by atoms with Crippen LogP contribution in [0.2, 0.25) is 0 Å². The van der Waals surface area contributed by atoms with E-state index in [2.05, 4.69) is 11.5 Å². The van der Waals surface area contributed by atoms with Crippen molar-refractivity contribution in [2.75, 3.05) is 47.1 Å². The van der Waals surface area contributed by atoms with Gasteiger partial charge in [-0.1, -0.05) is 24.3 Å². The molecule has 0 aliphatic carbocycles. The summed E-state index contributed by atoms with van der Waals surface area (Å²) in [6.07, 6.45) is 1.02. The molecular formula is C27H35N3O5. The van der Waals surface area contributed by atoms with Gasteiger partial charge in [-0.05, 0) is 43.3 Å². The average Bonchev–Trinajstić information content (AvgIpc) is 3.18. The Balaban J connectivity index is 1.91. The molecule has 8 heteroatoms. The zero-order valence-corrected chi connectivity index (χ0v) is 20.7. The van der Waals surface area contributed by atoms with Gasteiger partial charge in [0.25, 0.3) is 0 Å². The summed E-state index contributed by atoms with van der Waals surface area (Å²) in [5, 5.41) is 15.3. The van der Waals surface area contributed by atoms with Crippen LogP contribution < -0.4 is 9.47 Å². The molecule has 0 bridgehead atoms. The predicted octanol–water partition coefficient (Wildman–Crippen LogP) is 3.99. The lowest BCUT2D eigenvalue weighted by Gasteiger charge is -2.25. The number of benzene rings is 2. The fraction of sp³-hybridized carbons (Fsp3) is 0.370. The maximum Gasteiger partial charge on any atom is 0.227 e. The number of hydrogen-bond donors (Lipinski definition) is 1. The van der Waals surface area contributed by atoms with Crippen molar-refractivity contribution < 1.29 is 24.1 Å². The van der Waals surface area contributed by atoms with Gasteiger partial charge in [-0.3, -0.25) is 4.90 Å². The molecule has 0 aliphatic rings. The number of para-hydroxylation sites is 1. The molecule has 35 heavy (non-hydrogen) atoms.